The summed E-state index contributed by atoms with van der Waals surface area (Å²) in [4.78, 5) is 38.8. The van der Waals surface area contributed by atoms with Gasteiger partial charge in [0.25, 0.3) is 11.8 Å². The molecule has 0 fully saturated rings. The van der Waals surface area contributed by atoms with Crippen LogP contribution >= 0.6 is 0 Å². The molecule has 1 aromatic carbocycles. The Bertz CT molecular complexity index is 788. The van der Waals surface area contributed by atoms with E-state index in [-0.39, 0.29) is 36.1 Å². The Morgan fingerprint density at radius 2 is 1.65 bits per heavy atom. The number of hydrogen-bond acceptors (Lipinski definition) is 5. The molecule has 2 amide bonds. The molecule has 0 saturated carbocycles. The SMILES string of the molecule is CC1(C)C=C(C(=O)C(N)CCN2C(=O)c3ccccc3C2=O)C(C)(C)N1. The van der Waals surface area contributed by atoms with Gasteiger partial charge in [0.1, 0.15) is 0 Å². The Balaban J connectivity index is 1.69. The van der Waals surface area contributed by atoms with Crippen molar-refractivity contribution in [2.75, 3.05) is 6.54 Å². The highest BCUT2D eigenvalue weighted by molar-refractivity contribution is 6.21. The predicted octanol–water partition coefficient (Wildman–Crippen LogP) is 1.66. The van der Waals surface area contributed by atoms with E-state index in [2.05, 4.69) is 5.32 Å². The fourth-order valence-electron chi connectivity index (χ4n) is 3.87. The molecule has 0 saturated heterocycles. The smallest absolute Gasteiger partial charge is 0.261 e. The third-order valence-electron chi connectivity index (χ3n) is 4.96. The predicted molar refractivity (Wildman–Crippen MR) is 98.8 cm³/mol. The molecule has 1 unspecified atom stereocenters. The molecule has 0 spiro atoms. The number of ketones is 1. The average Bonchev–Trinajstić information content (AvgIpc) is 2.94. The van der Waals surface area contributed by atoms with E-state index >= 15 is 0 Å². The van der Waals surface area contributed by atoms with Gasteiger partial charge in [-0.25, -0.2) is 0 Å². The number of carbonyl (C=O) groups is 3. The number of imide groups is 1. The third-order valence-corrected chi connectivity index (χ3v) is 4.96. The molecule has 1 aromatic rings. The van der Waals surface area contributed by atoms with Crippen molar-refractivity contribution in [2.24, 2.45) is 5.73 Å². The first-order valence-electron chi connectivity index (χ1n) is 8.81. The molecule has 6 heteroatoms. The van der Waals surface area contributed by atoms with Crippen molar-refractivity contribution >= 4 is 17.6 Å². The van der Waals surface area contributed by atoms with Crippen LogP contribution in [0.25, 0.3) is 0 Å². The maximum absolute atomic E-state index is 12.8. The molecular weight excluding hydrogens is 330 g/mol. The summed E-state index contributed by atoms with van der Waals surface area (Å²) in [5, 5.41) is 3.39. The molecule has 3 rings (SSSR count). The van der Waals surface area contributed by atoms with Crippen molar-refractivity contribution in [1.29, 1.82) is 0 Å². The van der Waals surface area contributed by atoms with Crippen molar-refractivity contribution in [3.05, 3.63) is 47.0 Å². The lowest BCUT2D eigenvalue weighted by Crippen LogP contribution is -2.48. The van der Waals surface area contributed by atoms with Gasteiger partial charge in [0, 0.05) is 23.2 Å². The second-order valence-electron chi connectivity index (χ2n) is 8.10. The molecule has 1 atom stereocenters. The van der Waals surface area contributed by atoms with E-state index in [0.717, 1.165) is 0 Å². The number of carbonyl (C=O) groups excluding carboxylic acids is 3. The molecule has 2 heterocycles. The summed E-state index contributed by atoms with van der Waals surface area (Å²) in [6.07, 6.45) is 2.15. The van der Waals surface area contributed by atoms with E-state index in [0.29, 0.717) is 16.7 Å². The molecule has 0 radical (unpaired) electrons. The van der Waals surface area contributed by atoms with E-state index in [1.807, 2.05) is 33.8 Å². The monoisotopic (exact) mass is 355 g/mol. The lowest BCUT2D eigenvalue weighted by Gasteiger charge is -2.28. The van der Waals surface area contributed by atoms with Crippen molar-refractivity contribution < 1.29 is 14.4 Å². The van der Waals surface area contributed by atoms with Crippen molar-refractivity contribution in [1.82, 2.24) is 10.2 Å². The summed E-state index contributed by atoms with van der Waals surface area (Å²) in [6.45, 7) is 8.02. The highest BCUT2D eigenvalue weighted by Crippen LogP contribution is 2.31. The standard InChI is InChI=1S/C20H25N3O3/c1-19(2)11-14(20(3,4)22-19)16(24)15(21)9-10-23-17(25)12-7-5-6-8-13(12)18(23)26/h5-8,11,15,22H,9-10,21H2,1-4H3. The van der Waals surface area contributed by atoms with Crippen LogP contribution in [-0.4, -0.2) is 46.2 Å². The largest absolute Gasteiger partial charge is 0.321 e. The first-order chi connectivity index (χ1) is 12.0. The number of nitrogens with one attached hydrogen (secondary N) is 1. The van der Waals surface area contributed by atoms with E-state index in [4.69, 9.17) is 5.73 Å². The van der Waals surface area contributed by atoms with Crippen molar-refractivity contribution in [3.63, 3.8) is 0 Å². The molecule has 26 heavy (non-hydrogen) atoms. The van der Waals surface area contributed by atoms with Crippen molar-refractivity contribution in [2.45, 2.75) is 51.2 Å². The van der Waals surface area contributed by atoms with Crippen LogP contribution in [0, 0.1) is 0 Å². The average molecular weight is 355 g/mol. The van der Waals surface area contributed by atoms with E-state index in [1.54, 1.807) is 24.3 Å². The Morgan fingerprint density at radius 1 is 1.12 bits per heavy atom. The van der Waals surface area contributed by atoms with Gasteiger partial charge in [-0.05, 0) is 46.2 Å². The van der Waals surface area contributed by atoms with Crippen LogP contribution in [0.4, 0.5) is 0 Å². The molecule has 0 bridgehead atoms. The number of benzene rings is 1. The maximum Gasteiger partial charge on any atom is 0.261 e. The second-order valence-corrected chi connectivity index (χ2v) is 8.10. The van der Waals surface area contributed by atoms with Crippen LogP contribution < -0.4 is 11.1 Å². The Hall–Kier alpha value is -2.31. The summed E-state index contributed by atoms with van der Waals surface area (Å²) in [7, 11) is 0. The zero-order valence-corrected chi connectivity index (χ0v) is 15.6. The molecule has 6 nitrogen and oxygen atoms in total. The summed E-state index contributed by atoms with van der Waals surface area (Å²) in [5.41, 5.74) is 6.83. The number of hydrogen-bond donors (Lipinski definition) is 2. The first-order valence-corrected chi connectivity index (χ1v) is 8.81. The Labute approximate surface area is 153 Å². The molecular formula is C20H25N3O3. The quantitative estimate of drug-likeness (QED) is 0.784. The fraction of sp³-hybridized carbons (Fsp3) is 0.450. The van der Waals surface area contributed by atoms with Gasteiger partial charge in [-0.1, -0.05) is 18.2 Å². The summed E-state index contributed by atoms with van der Waals surface area (Å²) >= 11 is 0. The topological polar surface area (TPSA) is 92.5 Å². The van der Waals surface area contributed by atoms with Gasteiger partial charge >= 0.3 is 0 Å². The minimum atomic E-state index is -0.763. The van der Waals surface area contributed by atoms with Gasteiger partial charge in [-0.3, -0.25) is 24.6 Å². The van der Waals surface area contributed by atoms with Crippen molar-refractivity contribution in [3.8, 4) is 0 Å². The molecule has 2 aliphatic rings. The molecule has 3 N–H and O–H groups in total. The van der Waals surface area contributed by atoms with E-state index < -0.39 is 11.6 Å². The van der Waals surface area contributed by atoms with Crippen LogP contribution in [0.1, 0.15) is 54.8 Å². The summed E-state index contributed by atoms with van der Waals surface area (Å²) in [5.74, 6) is -0.799. The lowest BCUT2D eigenvalue weighted by molar-refractivity contribution is -0.117. The van der Waals surface area contributed by atoms with E-state index in [9.17, 15) is 14.4 Å². The number of fused-ring (bicyclic) bond motifs is 1. The summed E-state index contributed by atoms with van der Waals surface area (Å²) in [6, 6.07) is 5.97. The minimum absolute atomic E-state index is 0.129. The van der Waals surface area contributed by atoms with E-state index in [1.165, 1.54) is 4.90 Å². The second kappa shape index (κ2) is 6.14. The third kappa shape index (κ3) is 3.10. The molecule has 0 aromatic heterocycles. The van der Waals surface area contributed by atoms with Gasteiger partial charge in [0.05, 0.1) is 17.2 Å². The number of nitrogens with two attached hydrogens (primary N) is 1. The van der Waals surface area contributed by atoms with Gasteiger partial charge in [-0.15, -0.1) is 0 Å². The minimum Gasteiger partial charge on any atom is -0.321 e. The number of rotatable bonds is 5. The fourth-order valence-corrected chi connectivity index (χ4v) is 3.87. The van der Waals surface area contributed by atoms with Crippen LogP contribution in [0.15, 0.2) is 35.9 Å². The van der Waals surface area contributed by atoms with Crippen LogP contribution in [0.3, 0.4) is 0 Å². The Morgan fingerprint density at radius 3 is 2.12 bits per heavy atom. The van der Waals surface area contributed by atoms with Gasteiger partial charge < -0.3 is 5.73 Å². The van der Waals surface area contributed by atoms with Crippen LogP contribution in [0.5, 0.6) is 0 Å². The number of nitrogens with zero attached hydrogens (tertiary/aromatic N) is 1. The molecule has 138 valence electrons. The number of Topliss-reactive ketones (excluding diaryl/α,β-unsaturated/α-hetero) is 1. The highest BCUT2D eigenvalue weighted by atomic mass is 16.2. The first kappa shape index (κ1) is 18.5. The Kier molecular flexibility index (Phi) is 4.37. The molecule has 2 aliphatic heterocycles. The highest BCUT2D eigenvalue weighted by Gasteiger charge is 2.41. The maximum atomic E-state index is 12.8. The van der Waals surface area contributed by atoms with Gasteiger partial charge in [0.15, 0.2) is 5.78 Å². The molecule has 0 aliphatic carbocycles. The summed E-state index contributed by atoms with van der Waals surface area (Å²) < 4.78 is 0. The number of amides is 2. The van der Waals surface area contributed by atoms with Crippen LogP contribution in [0.2, 0.25) is 0 Å². The van der Waals surface area contributed by atoms with Gasteiger partial charge in [-0.2, -0.15) is 0 Å². The lowest BCUT2D eigenvalue weighted by atomic mass is 9.89. The zero-order valence-electron chi connectivity index (χ0n) is 15.6. The van der Waals surface area contributed by atoms with Crippen LogP contribution in [-0.2, 0) is 4.79 Å². The normalized spacial score (nSPS) is 21.6. The zero-order chi connectivity index (χ0) is 19.3. The van der Waals surface area contributed by atoms with Gasteiger partial charge in [0.2, 0.25) is 0 Å².